The molecule has 1 aliphatic heterocycles. The maximum absolute atomic E-state index is 9.36. The summed E-state index contributed by atoms with van der Waals surface area (Å²) < 4.78 is 0. The third-order valence-electron chi connectivity index (χ3n) is 4.07. The van der Waals surface area contributed by atoms with E-state index in [4.69, 9.17) is 5.73 Å². The van der Waals surface area contributed by atoms with Crippen LogP contribution in [-0.4, -0.2) is 28.6 Å². The van der Waals surface area contributed by atoms with Gasteiger partial charge in [0.25, 0.3) is 0 Å². The van der Waals surface area contributed by atoms with Gasteiger partial charge >= 0.3 is 0 Å². The Hall–Kier alpha value is -1.06. The van der Waals surface area contributed by atoms with Crippen molar-refractivity contribution < 1.29 is 5.11 Å². The minimum Gasteiger partial charge on any atom is -0.508 e. The fourth-order valence-electron chi connectivity index (χ4n) is 2.97. The van der Waals surface area contributed by atoms with Gasteiger partial charge in [0.05, 0.1) is 0 Å². The highest BCUT2D eigenvalue weighted by molar-refractivity contribution is 5.28. The van der Waals surface area contributed by atoms with Crippen LogP contribution in [0.4, 0.5) is 0 Å². The molecule has 0 bridgehead atoms. The van der Waals surface area contributed by atoms with Crippen molar-refractivity contribution in [1.82, 2.24) is 4.90 Å². The third-order valence-corrected chi connectivity index (χ3v) is 4.07. The van der Waals surface area contributed by atoms with E-state index in [1.807, 2.05) is 12.1 Å². The lowest BCUT2D eigenvalue weighted by Gasteiger charge is -2.42. The lowest BCUT2D eigenvalue weighted by atomic mass is 9.93. The Bertz CT molecular complexity index is 375. The second-order valence-corrected chi connectivity index (χ2v) is 5.43. The molecule has 0 radical (unpaired) electrons. The summed E-state index contributed by atoms with van der Waals surface area (Å²) >= 11 is 0. The molecule has 1 fully saturated rings. The molecular formula is C15H24N2O. The van der Waals surface area contributed by atoms with Gasteiger partial charge in [-0.2, -0.15) is 0 Å². The summed E-state index contributed by atoms with van der Waals surface area (Å²) in [6.45, 7) is 5.45. The van der Waals surface area contributed by atoms with E-state index in [0.717, 1.165) is 6.54 Å². The summed E-state index contributed by atoms with van der Waals surface area (Å²) in [5.41, 5.74) is 7.37. The molecular weight excluding hydrogens is 224 g/mol. The van der Waals surface area contributed by atoms with E-state index >= 15 is 0 Å². The van der Waals surface area contributed by atoms with Gasteiger partial charge in [-0.1, -0.05) is 18.6 Å². The molecule has 3 atom stereocenters. The highest BCUT2D eigenvalue weighted by atomic mass is 16.3. The highest BCUT2D eigenvalue weighted by Gasteiger charge is 2.29. The van der Waals surface area contributed by atoms with Gasteiger partial charge in [-0.05, 0) is 50.9 Å². The summed E-state index contributed by atoms with van der Waals surface area (Å²) in [4.78, 5) is 2.51. The van der Waals surface area contributed by atoms with Crippen molar-refractivity contribution in [3.05, 3.63) is 29.8 Å². The Morgan fingerprint density at radius 2 is 1.89 bits per heavy atom. The largest absolute Gasteiger partial charge is 0.508 e. The predicted molar refractivity (Wildman–Crippen MR) is 74.5 cm³/mol. The number of phenols is 1. The molecule has 1 aliphatic rings. The lowest BCUT2D eigenvalue weighted by Crippen LogP contribution is -2.49. The zero-order valence-electron chi connectivity index (χ0n) is 11.3. The lowest BCUT2D eigenvalue weighted by molar-refractivity contribution is 0.0890. The summed E-state index contributed by atoms with van der Waals surface area (Å²) in [7, 11) is 0. The van der Waals surface area contributed by atoms with Crippen molar-refractivity contribution in [2.75, 3.05) is 6.54 Å². The molecule has 0 aliphatic carbocycles. The molecule has 1 heterocycles. The van der Waals surface area contributed by atoms with Crippen LogP contribution in [-0.2, 0) is 0 Å². The first-order valence-corrected chi connectivity index (χ1v) is 6.90. The van der Waals surface area contributed by atoms with Crippen LogP contribution in [0.2, 0.25) is 0 Å². The number of benzene rings is 1. The van der Waals surface area contributed by atoms with Crippen molar-refractivity contribution >= 4 is 0 Å². The van der Waals surface area contributed by atoms with Crippen LogP contribution in [0.25, 0.3) is 0 Å². The van der Waals surface area contributed by atoms with Crippen LogP contribution in [0.3, 0.4) is 0 Å². The fraction of sp³-hybridized carbons (Fsp3) is 0.600. The van der Waals surface area contributed by atoms with Gasteiger partial charge in [0.2, 0.25) is 0 Å². The molecule has 2 rings (SSSR count). The number of nitrogens with two attached hydrogens (primary N) is 1. The first kappa shape index (κ1) is 13.4. The normalized spacial score (nSPS) is 24.7. The van der Waals surface area contributed by atoms with Gasteiger partial charge in [0.1, 0.15) is 5.75 Å². The Morgan fingerprint density at radius 1 is 1.22 bits per heavy atom. The number of likely N-dealkylation sites (tertiary alicyclic amines) is 1. The SMILES string of the molecule is CC(N)C1CCCCN1C(C)c1ccc(O)cc1. The van der Waals surface area contributed by atoms with Gasteiger partial charge in [0.15, 0.2) is 0 Å². The monoisotopic (exact) mass is 248 g/mol. The Morgan fingerprint density at radius 3 is 2.50 bits per heavy atom. The number of nitrogens with zero attached hydrogens (tertiary/aromatic N) is 1. The van der Waals surface area contributed by atoms with Gasteiger partial charge in [-0.3, -0.25) is 4.90 Å². The van der Waals surface area contributed by atoms with Gasteiger partial charge < -0.3 is 10.8 Å². The molecule has 3 nitrogen and oxygen atoms in total. The number of rotatable bonds is 3. The van der Waals surface area contributed by atoms with Crippen LogP contribution >= 0.6 is 0 Å². The van der Waals surface area contributed by atoms with Crippen LogP contribution < -0.4 is 5.73 Å². The number of aromatic hydroxyl groups is 1. The van der Waals surface area contributed by atoms with E-state index in [-0.39, 0.29) is 6.04 Å². The Labute approximate surface area is 110 Å². The molecule has 1 aromatic carbocycles. The molecule has 3 unspecified atom stereocenters. The summed E-state index contributed by atoms with van der Waals surface area (Å²) in [6.07, 6.45) is 3.73. The Kier molecular flexibility index (Phi) is 4.25. The van der Waals surface area contributed by atoms with Crippen LogP contribution in [0.5, 0.6) is 5.75 Å². The molecule has 3 heteroatoms. The average Bonchev–Trinajstić information content (AvgIpc) is 2.39. The van der Waals surface area contributed by atoms with Crippen LogP contribution in [0.15, 0.2) is 24.3 Å². The van der Waals surface area contributed by atoms with E-state index < -0.39 is 0 Å². The van der Waals surface area contributed by atoms with E-state index in [9.17, 15) is 5.11 Å². The molecule has 1 saturated heterocycles. The van der Waals surface area contributed by atoms with E-state index in [0.29, 0.717) is 17.8 Å². The second-order valence-electron chi connectivity index (χ2n) is 5.43. The fourth-order valence-corrected chi connectivity index (χ4v) is 2.97. The molecule has 18 heavy (non-hydrogen) atoms. The summed E-state index contributed by atoms with van der Waals surface area (Å²) in [5.74, 6) is 0.327. The topological polar surface area (TPSA) is 49.5 Å². The zero-order valence-corrected chi connectivity index (χ0v) is 11.3. The van der Waals surface area contributed by atoms with E-state index in [1.54, 1.807) is 12.1 Å². The predicted octanol–water partition coefficient (Wildman–Crippen LogP) is 2.65. The Balaban J connectivity index is 2.15. The van der Waals surface area contributed by atoms with Crippen LogP contribution in [0.1, 0.15) is 44.7 Å². The van der Waals surface area contributed by atoms with Crippen molar-refractivity contribution in [3.63, 3.8) is 0 Å². The van der Waals surface area contributed by atoms with Gasteiger partial charge in [-0.25, -0.2) is 0 Å². The zero-order chi connectivity index (χ0) is 13.1. The van der Waals surface area contributed by atoms with Crippen molar-refractivity contribution in [2.45, 2.75) is 51.2 Å². The van der Waals surface area contributed by atoms with Crippen molar-refractivity contribution in [3.8, 4) is 5.75 Å². The maximum atomic E-state index is 9.36. The molecule has 0 aromatic heterocycles. The number of hydrogen-bond donors (Lipinski definition) is 2. The first-order valence-electron chi connectivity index (χ1n) is 6.90. The standard InChI is InChI=1S/C15H24N2O/c1-11(16)15-5-3-4-10-17(15)12(2)13-6-8-14(18)9-7-13/h6-9,11-12,15,18H,3-5,10,16H2,1-2H3. The second kappa shape index (κ2) is 5.72. The molecule has 100 valence electrons. The summed E-state index contributed by atoms with van der Waals surface area (Å²) in [5, 5.41) is 9.36. The smallest absolute Gasteiger partial charge is 0.115 e. The number of piperidine rings is 1. The third kappa shape index (κ3) is 2.85. The van der Waals surface area contributed by atoms with E-state index in [2.05, 4.69) is 18.7 Å². The minimum absolute atomic E-state index is 0.213. The number of phenolic OH excluding ortho intramolecular Hbond substituents is 1. The van der Waals surface area contributed by atoms with Gasteiger partial charge in [0, 0.05) is 18.1 Å². The molecule has 3 N–H and O–H groups in total. The van der Waals surface area contributed by atoms with E-state index in [1.165, 1.54) is 24.8 Å². The molecule has 0 spiro atoms. The number of hydrogen-bond acceptors (Lipinski definition) is 3. The maximum Gasteiger partial charge on any atom is 0.115 e. The average molecular weight is 248 g/mol. The first-order chi connectivity index (χ1) is 8.59. The minimum atomic E-state index is 0.213. The molecule has 1 aromatic rings. The summed E-state index contributed by atoms with van der Waals surface area (Å²) in [6, 6.07) is 8.59. The van der Waals surface area contributed by atoms with Gasteiger partial charge in [-0.15, -0.1) is 0 Å². The molecule has 0 amide bonds. The van der Waals surface area contributed by atoms with Crippen molar-refractivity contribution in [2.24, 2.45) is 5.73 Å². The highest BCUT2D eigenvalue weighted by Crippen LogP contribution is 2.30. The van der Waals surface area contributed by atoms with Crippen LogP contribution in [0, 0.1) is 0 Å². The quantitative estimate of drug-likeness (QED) is 0.864. The molecule has 0 saturated carbocycles. The van der Waals surface area contributed by atoms with Crippen molar-refractivity contribution in [1.29, 1.82) is 0 Å².